The van der Waals surface area contributed by atoms with Gasteiger partial charge in [0, 0.05) is 59.5 Å². The zero-order valence-electron chi connectivity index (χ0n) is 38.6. The molecule has 1 saturated heterocycles. The van der Waals surface area contributed by atoms with Crippen LogP contribution in [-0.2, 0) is 34.0 Å². The molecule has 68 heavy (non-hydrogen) atoms. The summed E-state index contributed by atoms with van der Waals surface area (Å²) >= 11 is 2.95. The number of thiazole rings is 1. The number of β-amino-alcohol motifs (C(OH)–C–C–N with tert-alkyl or cyclic N) is 1. The summed E-state index contributed by atoms with van der Waals surface area (Å²) in [7, 11) is 0. The van der Waals surface area contributed by atoms with E-state index in [1.54, 1.807) is 45.9 Å². The fourth-order valence-corrected chi connectivity index (χ4v) is 13.3. The zero-order chi connectivity index (χ0) is 47.7. The number of rotatable bonds is 13. The van der Waals surface area contributed by atoms with Crippen LogP contribution in [0.1, 0.15) is 96.0 Å². The van der Waals surface area contributed by atoms with Crippen LogP contribution in [0.5, 0.6) is 0 Å². The van der Waals surface area contributed by atoms with E-state index in [4.69, 9.17) is 0 Å². The van der Waals surface area contributed by atoms with Crippen molar-refractivity contribution in [3.63, 3.8) is 0 Å². The van der Waals surface area contributed by atoms with Gasteiger partial charge in [0.2, 0.25) is 17.7 Å². The molecule has 4 heterocycles. The summed E-state index contributed by atoms with van der Waals surface area (Å²) in [6, 6.07) is 19.8. The molecule has 16 heteroatoms. The number of aryl methyl sites for hydroxylation is 1. The Morgan fingerprint density at radius 2 is 1.59 bits per heavy atom. The molecule has 5 fully saturated rings. The third-order valence-corrected chi connectivity index (χ3v) is 17.1. The fourth-order valence-electron chi connectivity index (χ4n) is 11.6. The van der Waals surface area contributed by atoms with E-state index in [1.807, 2.05) is 69.6 Å². The number of aromatic nitrogens is 1. The molecule has 4 aliphatic carbocycles. The number of benzene rings is 3. The predicted octanol–water partition coefficient (Wildman–Crippen LogP) is 6.58. The molecule has 3 aromatic carbocycles. The molecule has 0 radical (unpaired) electrons. The van der Waals surface area contributed by atoms with Gasteiger partial charge in [-0.15, -0.1) is 22.7 Å². The van der Waals surface area contributed by atoms with Gasteiger partial charge in [-0.05, 0) is 108 Å². The first kappa shape index (κ1) is 45.9. The van der Waals surface area contributed by atoms with Crippen molar-refractivity contribution in [3.8, 4) is 20.9 Å². The highest BCUT2D eigenvalue weighted by molar-refractivity contribution is 7.14. The van der Waals surface area contributed by atoms with Crippen LogP contribution in [0.25, 0.3) is 20.9 Å². The summed E-state index contributed by atoms with van der Waals surface area (Å²) in [6.45, 7) is 8.86. The van der Waals surface area contributed by atoms with Crippen molar-refractivity contribution >= 4 is 52.2 Å². The van der Waals surface area contributed by atoms with Crippen LogP contribution in [0.3, 0.4) is 0 Å². The number of nitrogens with one attached hydrogen (secondary N) is 4. The number of likely N-dealkylation sites (tertiary alicyclic amines) is 1. The number of aliphatic hydroxyl groups excluding tert-OH is 1. The van der Waals surface area contributed by atoms with Crippen molar-refractivity contribution in [2.45, 2.75) is 109 Å². The number of halogens is 1. The van der Waals surface area contributed by atoms with Crippen LogP contribution < -0.4 is 21.3 Å². The van der Waals surface area contributed by atoms with Crippen molar-refractivity contribution in [2.24, 2.45) is 17.3 Å². The van der Waals surface area contributed by atoms with Gasteiger partial charge in [-0.1, -0.05) is 63.2 Å². The molecule has 2 aromatic heterocycles. The summed E-state index contributed by atoms with van der Waals surface area (Å²) in [5.41, 5.74) is 7.06. The lowest BCUT2D eigenvalue weighted by atomic mass is 9.85. The summed E-state index contributed by atoms with van der Waals surface area (Å²) in [5, 5.41) is 25.4. The maximum atomic E-state index is 14.3. The highest BCUT2D eigenvalue weighted by atomic mass is 32.1. The number of thiophene rings is 1. The molecule has 354 valence electrons. The first-order chi connectivity index (χ1) is 32.5. The second kappa shape index (κ2) is 17.6. The van der Waals surface area contributed by atoms with Crippen LogP contribution in [0, 0.1) is 30.0 Å². The van der Waals surface area contributed by atoms with Gasteiger partial charge >= 0.3 is 0 Å². The van der Waals surface area contributed by atoms with Gasteiger partial charge in [0.05, 0.1) is 34.3 Å². The summed E-state index contributed by atoms with van der Waals surface area (Å²) in [5.74, 6) is -0.967. The van der Waals surface area contributed by atoms with Crippen molar-refractivity contribution in [3.05, 3.63) is 123 Å². The lowest BCUT2D eigenvalue weighted by molar-refractivity contribution is -0.142. The molecule has 2 aliphatic heterocycles. The lowest BCUT2D eigenvalue weighted by Crippen LogP contribution is -2.57. The third-order valence-electron chi connectivity index (χ3n) is 15.2. The van der Waals surface area contributed by atoms with Crippen molar-refractivity contribution in [1.29, 1.82) is 0 Å². The largest absolute Gasteiger partial charge is 0.391 e. The number of nitrogens with zero attached hydrogens (tertiary/aromatic N) is 3. The molecule has 13 nitrogen and oxygen atoms in total. The van der Waals surface area contributed by atoms with E-state index in [0.29, 0.717) is 36.1 Å². The standard InChI is InChI=1S/C52H56FN7O6S2/c1-29-44(68-28-55-29)32-7-5-30(6-8-32)21-54-48(65)41-18-40(61)25-60(41)49(66)45(50(2,3)4)57-46(63)36-16-42(67-26-36)31-9-11-33(12-10-31)47(64)58-52-20-37-17-38(52)19-51(37,27-52)56-22-43(62)59-23-34-13-14-39(53)15-35(34)24-59/h5-16,26,28,37-38,40-41,45,56,61H,17-25,27H2,1-4H3,(H,54,65)(H,57,63)(H,58,64)/t37?,38?,40-,41+,45?,51?,52?/m1/s1. The normalized spacial score (nSPS) is 24.9. The number of amides is 5. The molecule has 6 aliphatic rings. The fraction of sp³-hybridized carbons (Fsp3) is 0.423. The molecule has 4 saturated carbocycles. The van der Waals surface area contributed by atoms with Gasteiger partial charge in [0.1, 0.15) is 17.9 Å². The van der Waals surface area contributed by atoms with E-state index in [1.165, 1.54) is 28.4 Å². The van der Waals surface area contributed by atoms with Crippen molar-refractivity contribution in [1.82, 2.24) is 36.1 Å². The van der Waals surface area contributed by atoms with E-state index in [2.05, 4.69) is 26.3 Å². The number of fused-ring (bicyclic) bond motifs is 1. The Labute approximate surface area is 402 Å². The smallest absolute Gasteiger partial charge is 0.252 e. The minimum Gasteiger partial charge on any atom is -0.391 e. The third kappa shape index (κ3) is 8.64. The molecule has 4 bridgehead atoms. The molecule has 5 amide bonds. The van der Waals surface area contributed by atoms with Gasteiger partial charge in [0.15, 0.2) is 0 Å². The molecule has 5 aromatic rings. The van der Waals surface area contributed by atoms with Crippen LogP contribution in [-0.4, -0.2) is 91.8 Å². The Balaban J connectivity index is 0.732. The number of aliphatic hydroxyl groups is 1. The molecule has 0 spiro atoms. The predicted molar refractivity (Wildman–Crippen MR) is 258 cm³/mol. The van der Waals surface area contributed by atoms with Gasteiger partial charge in [-0.2, -0.15) is 0 Å². The highest BCUT2D eigenvalue weighted by Gasteiger charge is 2.71. The first-order valence-electron chi connectivity index (χ1n) is 23.4. The molecule has 5 N–H and O–H groups in total. The van der Waals surface area contributed by atoms with Gasteiger partial charge in [-0.25, -0.2) is 9.37 Å². The van der Waals surface area contributed by atoms with Crippen LogP contribution in [0.15, 0.2) is 83.7 Å². The molecule has 7 atom stereocenters. The lowest BCUT2D eigenvalue weighted by Gasteiger charge is -2.35. The minimum absolute atomic E-state index is 0.00271. The molecule has 11 rings (SSSR count). The molecule has 5 unspecified atom stereocenters. The topological polar surface area (TPSA) is 173 Å². The van der Waals surface area contributed by atoms with E-state index < -0.39 is 35.4 Å². The van der Waals surface area contributed by atoms with Gasteiger partial charge < -0.3 is 36.2 Å². The molecular weight excluding hydrogens is 902 g/mol. The maximum absolute atomic E-state index is 14.3. The monoisotopic (exact) mass is 957 g/mol. The maximum Gasteiger partial charge on any atom is 0.252 e. The van der Waals surface area contributed by atoms with E-state index in [-0.39, 0.29) is 60.7 Å². The highest BCUT2D eigenvalue weighted by Crippen LogP contribution is 2.67. The Bertz CT molecular complexity index is 2810. The summed E-state index contributed by atoms with van der Waals surface area (Å²) < 4.78 is 13.8. The average molecular weight is 958 g/mol. The Hall–Kier alpha value is -5.81. The summed E-state index contributed by atoms with van der Waals surface area (Å²) in [6.07, 6.45) is 2.78. The van der Waals surface area contributed by atoms with E-state index in [9.17, 15) is 33.5 Å². The average Bonchev–Trinajstić information content (AvgIpc) is 4.19. The van der Waals surface area contributed by atoms with Crippen LogP contribution in [0.2, 0.25) is 0 Å². The van der Waals surface area contributed by atoms with Crippen molar-refractivity contribution in [2.75, 3.05) is 13.1 Å². The Morgan fingerprint density at radius 1 is 0.868 bits per heavy atom. The minimum atomic E-state index is -0.991. The second-order valence-corrected chi connectivity index (χ2v) is 22.4. The van der Waals surface area contributed by atoms with Crippen LogP contribution in [0.4, 0.5) is 4.39 Å². The number of carbonyl (C=O) groups excluding carboxylic acids is 5. The van der Waals surface area contributed by atoms with E-state index >= 15 is 0 Å². The van der Waals surface area contributed by atoms with E-state index in [0.717, 1.165) is 68.9 Å². The van der Waals surface area contributed by atoms with Crippen molar-refractivity contribution < 1.29 is 33.5 Å². The summed E-state index contributed by atoms with van der Waals surface area (Å²) in [4.78, 5) is 78.1. The van der Waals surface area contributed by atoms with Gasteiger partial charge in [0.25, 0.3) is 11.8 Å². The van der Waals surface area contributed by atoms with Crippen LogP contribution >= 0.6 is 22.7 Å². The number of hydrogen-bond donors (Lipinski definition) is 5. The number of hydrogen-bond acceptors (Lipinski definition) is 10. The van der Waals surface area contributed by atoms with Gasteiger partial charge in [-0.3, -0.25) is 24.0 Å². The quantitative estimate of drug-likeness (QED) is 0.0881. The Morgan fingerprint density at radius 3 is 2.29 bits per heavy atom. The SMILES string of the molecule is Cc1ncsc1-c1ccc(CNC(=O)[C@@H]2C[C@@H](O)CN2C(=O)C(NC(=O)c2csc(-c3ccc(C(=O)NC45CC6CC4CC6(NCC(=O)N4Cc6ccc(F)cc6C4)C5)cc3)c2)C(C)(C)C)cc1. The zero-order valence-corrected chi connectivity index (χ0v) is 40.2. The second-order valence-electron chi connectivity index (χ2n) is 20.6. The number of carbonyl (C=O) groups is 5. The molecular formula is C52H56FN7O6S2. The Kier molecular flexibility index (Phi) is 11.9. The first-order valence-corrected chi connectivity index (χ1v) is 25.1.